The predicted molar refractivity (Wildman–Crippen MR) is 139 cm³/mol. The zero-order valence-corrected chi connectivity index (χ0v) is 20.1. The standard InChI is InChI=1S/C29H28N4O2/c1-4-19-10-23-14-31-27-12-21(18(3)8-25(27)29(35)33(23)16-19)9-20-5-6-24-26(11-20)30-13-22-7-17(2)15-32(22)28(24)34/h4-6,8,11-14,22-23H,2,7,9-10,15-16H2,1,3H3/b19-4+/t22-,23-/m0/s1. The molecule has 0 bridgehead atoms. The minimum Gasteiger partial charge on any atom is -0.326 e. The van der Waals surface area contributed by atoms with Crippen LogP contribution >= 0.6 is 0 Å². The van der Waals surface area contributed by atoms with Gasteiger partial charge < -0.3 is 9.80 Å². The molecule has 2 atom stereocenters. The quantitative estimate of drug-likeness (QED) is 0.591. The van der Waals surface area contributed by atoms with Crippen LogP contribution in [-0.2, 0) is 6.42 Å². The molecule has 0 N–H and O–H groups in total. The third-order valence-corrected chi connectivity index (χ3v) is 7.61. The van der Waals surface area contributed by atoms with Gasteiger partial charge in [0, 0.05) is 25.5 Å². The summed E-state index contributed by atoms with van der Waals surface area (Å²) >= 11 is 0. The molecule has 176 valence electrons. The number of aliphatic imine (C=N–C) groups is 2. The first-order valence-corrected chi connectivity index (χ1v) is 12.2. The predicted octanol–water partition coefficient (Wildman–Crippen LogP) is 4.95. The normalized spacial score (nSPS) is 23.8. The van der Waals surface area contributed by atoms with Gasteiger partial charge in [-0.2, -0.15) is 0 Å². The molecule has 6 heteroatoms. The van der Waals surface area contributed by atoms with Gasteiger partial charge in [0.2, 0.25) is 0 Å². The van der Waals surface area contributed by atoms with E-state index in [4.69, 9.17) is 4.99 Å². The Balaban J connectivity index is 1.30. The van der Waals surface area contributed by atoms with Crippen molar-refractivity contribution in [1.29, 1.82) is 0 Å². The van der Waals surface area contributed by atoms with Crippen molar-refractivity contribution in [2.24, 2.45) is 9.98 Å². The highest BCUT2D eigenvalue weighted by atomic mass is 16.2. The number of nitrogens with zero attached hydrogens (tertiary/aromatic N) is 4. The second-order valence-electron chi connectivity index (χ2n) is 9.99. The van der Waals surface area contributed by atoms with Crippen LogP contribution in [0.4, 0.5) is 11.4 Å². The zero-order valence-electron chi connectivity index (χ0n) is 20.1. The molecular formula is C29H28N4O2. The zero-order chi connectivity index (χ0) is 24.3. The molecule has 4 aliphatic heterocycles. The van der Waals surface area contributed by atoms with Crippen molar-refractivity contribution in [3.8, 4) is 0 Å². The number of allylic oxidation sites excluding steroid dienone is 1. The number of fused-ring (bicyclic) bond motifs is 4. The molecule has 2 amide bonds. The van der Waals surface area contributed by atoms with Crippen molar-refractivity contribution in [2.75, 3.05) is 13.1 Å². The second-order valence-corrected chi connectivity index (χ2v) is 9.99. The summed E-state index contributed by atoms with van der Waals surface area (Å²) in [5, 5.41) is 0. The Labute approximate surface area is 205 Å². The van der Waals surface area contributed by atoms with Crippen LogP contribution in [0.3, 0.4) is 0 Å². The molecule has 0 aliphatic carbocycles. The fraction of sp³-hybridized carbons (Fsp3) is 0.310. The van der Waals surface area contributed by atoms with Crippen LogP contribution in [0, 0.1) is 6.92 Å². The first kappa shape index (κ1) is 21.7. The van der Waals surface area contributed by atoms with E-state index in [-0.39, 0.29) is 23.9 Å². The van der Waals surface area contributed by atoms with E-state index in [9.17, 15) is 9.59 Å². The molecule has 4 aliphatic rings. The summed E-state index contributed by atoms with van der Waals surface area (Å²) < 4.78 is 0. The van der Waals surface area contributed by atoms with Gasteiger partial charge in [-0.15, -0.1) is 0 Å². The molecule has 0 radical (unpaired) electrons. The van der Waals surface area contributed by atoms with E-state index in [0.29, 0.717) is 36.3 Å². The Hall–Kier alpha value is -3.80. The molecule has 0 unspecified atom stereocenters. The summed E-state index contributed by atoms with van der Waals surface area (Å²) in [6.07, 6.45) is 8.21. The molecule has 2 saturated heterocycles. The molecule has 6 nitrogen and oxygen atoms in total. The van der Waals surface area contributed by atoms with E-state index >= 15 is 0 Å². The Bertz CT molecular complexity index is 1380. The summed E-state index contributed by atoms with van der Waals surface area (Å²) in [4.78, 5) is 39.5. The van der Waals surface area contributed by atoms with Crippen LogP contribution in [0.2, 0.25) is 0 Å². The number of hydrogen-bond acceptors (Lipinski definition) is 4. The van der Waals surface area contributed by atoms with Gasteiger partial charge in [0.05, 0.1) is 34.6 Å². The van der Waals surface area contributed by atoms with Gasteiger partial charge in [0.25, 0.3) is 11.8 Å². The monoisotopic (exact) mass is 464 g/mol. The van der Waals surface area contributed by atoms with Crippen molar-refractivity contribution in [3.63, 3.8) is 0 Å². The SMILES string of the molecule is C=C1C[C@H]2C=Nc3cc(Cc4cc5c(cc4C)C(=O)N4C/C(=C/C)C[C@H]4C=N5)ccc3C(=O)N2C1. The minimum atomic E-state index is -0.00722. The lowest BCUT2D eigenvalue weighted by atomic mass is 9.95. The summed E-state index contributed by atoms with van der Waals surface area (Å²) in [7, 11) is 0. The van der Waals surface area contributed by atoms with Crippen molar-refractivity contribution >= 4 is 35.6 Å². The summed E-state index contributed by atoms with van der Waals surface area (Å²) in [6, 6.07) is 9.94. The first-order chi connectivity index (χ1) is 16.9. The average Bonchev–Trinajstić information content (AvgIpc) is 3.38. The van der Waals surface area contributed by atoms with Gasteiger partial charge in [-0.1, -0.05) is 29.9 Å². The van der Waals surface area contributed by atoms with E-state index in [1.54, 1.807) is 0 Å². The van der Waals surface area contributed by atoms with Crippen molar-refractivity contribution in [3.05, 3.63) is 82.0 Å². The van der Waals surface area contributed by atoms with Gasteiger partial charge in [0.15, 0.2) is 0 Å². The highest BCUT2D eigenvalue weighted by Crippen LogP contribution is 2.35. The van der Waals surface area contributed by atoms with Crippen LogP contribution < -0.4 is 0 Å². The number of amides is 2. The van der Waals surface area contributed by atoms with E-state index < -0.39 is 0 Å². The maximum Gasteiger partial charge on any atom is 0.256 e. The number of carbonyl (C=O) groups is 2. The fourth-order valence-electron chi connectivity index (χ4n) is 5.57. The van der Waals surface area contributed by atoms with Gasteiger partial charge in [-0.3, -0.25) is 19.6 Å². The lowest BCUT2D eigenvalue weighted by molar-refractivity contribution is 0.0770. The van der Waals surface area contributed by atoms with E-state index in [1.165, 1.54) is 5.57 Å². The van der Waals surface area contributed by atoms with E-state index in [2.05, 4.69) is 17.6 Å². The summed E-state index contributed by atoms with van der Waals surface area (Å²) in [5.41, 5.74) is 8.35. The molecule has 2 aromatic carbocycles. The highest BCUT2D eigenvalue weighted by Gasteiger charge is 2.35. The van der Waals surface area contributed by atoms with E-state index in [1.807, 2.05) is 66.4 Å². The third-order valence-electron chi connectivity index (χ3n) is 7.61. The Kier molecular flexibility index (Phi) is 5.06. The van der Waals surface area contributed by atoms with Crippen LogP contribution in [0.1, 0.15) is 57.2 Å². The van der Waals surface area contributed by atoms with Gasteiger partial charge in [-0.05, 0) is 74.1 Å². The van der Waals surface area contributed by atoms with Crippen LogP contribution in [-0.4, -0.2) is 59.2 Å². The van der Waals surface area contributed by atoms with Crippen molar-refractivity contribution in [2.45, 2.75) is 45.2 Å². The van der Waals surface area contributed by atoms with Gasteiger partial charge in [0.1, 0.15) is 0 Å². The molecule has 0 spiro atoms. The molecular weight excluding hydrogens is 436 g/mol. The van der Waals surface area contributed by atoms with Gasteiger partial charge in [-0.25, -0.2) is 0 Å². The van der Waals surface area contributed by atoms with Crippen LogP contribution in [0.15, 0.2) is 64.1 Å². The number of carbonyl (C=O) groups excluding carboxylic acids is 2. The molecule has 6 rings (SSSR count). The number of rotatable bonds is 2. The smallest absolute Gasteiger partial charge is 0.256 e. The number of hydrogen-bond donors (Lipinski definition) is 0. The summed E-state index contributed by atoms with van der Waals surface area (Å²) in [5.74, 6) is 0.0681. The first-order valence-electron chi connectivity index (χ1n) is 12.2. The topological polar surface area (TPSA) is 65.3 Å². The average molecular weight is 465 g/mol. The van der Waals surface area contributed by atoms with Crippen LogP contribution in [0.5, 0.6) is 0 Å². The van der Waals surface area contributed by atoms with E-state index in [0.717, 1.165) is 40.8 Å². The molecule has 2 aromatic rings. The maximum atomic E-state index is 13.3. The number of benzene rings is 2. The Morgan fingerprint density at radius 2 is 1.63 bits per heavy atom. The Morgan fingerprint density at radius 3 is 2.40 bits per heavy atom. The maximum absolute atomic E-state index is 13.3. The summed E-state index contributed by atoms with van der Waals surface area (Å²) in [6.45, 7) is 9.38. The largest absolute Gasteiger partial charge is 0.326 e. The fourth-order valence-corrected chi connectivity index (χ4v) is 5.57. The molecule has 2 fully saturated rings. The van der Waals surface area contributed by atoms with Crippen molar-refractivity contribution in [1.82, 2.24) is 9.80 Å². The van der Waals surface area contributed by atoms with Crippen LogP contribution in [0.25, 0.3) is 0 Å². The lowest BCUT2D eigenvalue weighted by Gasteiger charge is -2.20. The van der Waals surface area contributed by atoms with Crippen molar-refractivity contribution < 1.29 is 9.59 Å². The highest BCUT2D eigenvalue weighted by molar-refractivity contribution is 6.04. The molecule has 0 saturated carbocycles. The Morgan fingerprint density at radius 1 is 0.943 bits per heavy atom. The van der Waals surface area contributed by atoms with Gasteiger partial charge >= 0.3 is 0 Å². The molecule has 4 heterocycles. The number of aryl methyl sites for hydroxylation is 1. The molecule has 35 heavy (non-hydrogen) atoms. The molecule has 0 aromatic heterocycles. The lowest BCUT2D eigenvalue weighted by Crippen LogP contribution is -2.35. The third kappa shape index (κ3) is 3.64. The minimum absolute atomic E-state index is 0.00722. The second kappa shape index (κ2) is 8.15.